The molecule has 0 radical (unpaired) electrons. The Morgan fingerprint density at radius 2 is 1.86 bits per heavy atom. The maximum atomic E-state index is 12.7. The van der Waals surface area contributed by atoms with Crippen LogP contribution in [0.1, 0.15) is 22.8 Å². The molecule has 0 saturated heterocycles. The quantitative estimate of drug-likeness (QED) is 0.318. The van der Waals surface area contributed by atoms with Crippen molar-refractivity contribution in [2.75, 3.05) is 6.61 Å². The van der Waals surface area contributed by atoms with Gasteiger partial charge in [-0.15, -0.1) is 13.2 Å². The minimum atomic E-state index is -5.21. The topological polar surface area (TPSA) is 48.4 Å². The van der Waals surface area contributed by atoms with Crippen LogP contribution in [0.3, 0.4) is 0 Å². The molecule has 1 aromatic heterocycles. The third-order valence-electron chi connectivity index (χ3n) is 1.95. The van der Waals surface area contributed by atoms with E-state index < -0.39 is 39.2 Å². The van der Waals surface area contributed by atoms with Crippen LogP contribution in [0.15, 0.2) is 6.07 Å². The van der Waals surface area contributed by atoms with E-state index in [2.05, 4.69) is 14.5 Å². The Kier molecular flexibility index (Phi) is 5.28. The van der Waals surface area contributed by atoms with Gasteiger partial charge >= 0.3 is 18.5 Å². The fourth-order valence-corrected chi connectivity index (χ4v) is 1.90. The van der Waals surface area contributed by atoms with Gasteiger partial charge in [-0.3, -0.25) is 0 Å². The van der Waals surface area contributed by atoms with Gasteiger partial charge in [-0.2, -0.15) is 13.2 Å². The highest BCUT2D eigenvalue weighted by Crippen LogP contribution is 2.36. The molecule has 1 aromatic rings. The predicted molar refractivity (Wildman–Crippen MR) is 64.6 cm³/mol. The van der Waals surface area contributed by atoms with Crippen LogP contribution in [0.2, 0.25) is 0 Å². The van der Waals surface area contributed by atoms with E-state index in [0.717, 1.165) is 22.6 Å². The molecule has 0 atom stereocenters. The molecule has 21 heavy (non-hydrogen) atoms. The number of ether oxygens (including phenoxy) is 2. The van der Waals surface area contributed by atoms with E-state index in [1.54, 1.807) is 0 Å². The molecule has 1 heterocycles. The molecule has 0 unspecified atom stereocenters. The van der Waals surface area contributed by atoms with Crippen LogP contribution in [0.4, 0.5) is 26.3 Å². The van der Waals surface area contributed by atoms with Crippen molar-refractivity contribution in [3.63, 3.8) is 0 Å². The van der Waals surface area contributed by atoms with Gasteiger partial charge < -0.3 is 9.47 Å². The van der Waals surface area contributed by atoms with Crippen molar-refractivity contribution in [2.45, 2.75) is 19.5 Å². The summed E-state index contributed by atoms with van der Waals surface area (Å²) in [5, 5.41) is 0. The first-order valence-electron chi connectivity index (χ1n) is 5.16. The van der Waals surface area contributed by atoms with Crippen LogP contribution < -0.4 is 4.74 Å². The molecule has 11 heteroatoms. The number of halogens is 7. The molecule has 0 aliphatic carbocycles. The Morgan fingerprint density at radius 3 is 2.29 bits per heavy atom. The molecule has 0 aromatic carbocycles. The van der Waals surface area contributed by atoms with Crippen LogP contribution >= 0.6 is 22.6 Å². The summed E-state index contributed by atoms with van der Waals surface area (Å²) in [5.74, 6) is -2.69. The smallest absolute Gasteiger partial charge is 0.462 e. The van der Waals surface area contributed by atoms with Crippen molar-refractivity contribution in [2.24, 2.45) is 0 Å². The number of aromatic nitrogens is 1. The molecule has 0 aliphatic rings. The fourth-order valence-electron chi connectivity index (χ4n) is 1.22. The highest BCUT2D eigenvalue weighted by molar-refractivity contribution is 14.1. The zero-order valence-corrected chi connectivity index (χ0v) is 12.3. The Balaban J connectivity index is 3.42. The minimum absolute atomic E-state index is 0.216. The molecule has 0 aliphatic heterocycles. The van der Waals surface area contributed by atoms with Gasteiger partial charge in [0.1, 0.15) is 9.26 Å². The number of carbonyl (C=O) groups excluding carboxylic acids is 1. The molecule has 0 N–H and O–H groups in total. The number of pyridine rings is 1. The first-order chi connectivity index (χ1) is 9.45. The van der Waals surface area contributed by atoms with E-state index in [1.165, 1.54) is 6.92 Å². The lowest BCUT2D eigenvalue weighted by Gasteiger charge is -2.15. The standard InChI is InChI=1S/C10H6F6INO3/c1-2-20-8(19)4-3-5(9(11,12)13)6(17)18-7(4)21-10(14,15)16/h3H,2H2,1H3. The summed E-state index contributed by atoms with van der Waals surface area (Å²) in [6.07, 6.45) is -10.1. The summed E-state index contributed by atoms with van der Waals surface area (Å²) in [6.45, 7) is 1.10. The number of carbonyl (C=O) groups is 1. The summed E-state index contributed by atoms with van der Waals surface area (Å²) in [5.41, 5.74) is -2.41. The van der Waals surface area contributed by atoms with Crippen molar-refractivity contribution in [3.05, 3.63) is 20.9 Å². The van der Waals surface area contributed by atoms with Crippen LogP contribution in [-0.2, 0) is 10.9 Å². The Morgan fingerprint density at radius 1 is 1.29 bits per heavy atom. The minimum Gasteiger partial charge on any atom is -0.462 e. The summed E-state index contributed by atoms with van der Waals surface area (Å²) in [4.78, 5) is 14.5. The van der Waals surface area contributed by atoms with Gasteiger partial charge in [-0.05, 0) is 35.6 Å². The molecule has 4 nitrogen and oxygen atoms in total. The zero-order chi connectivity index (χ0) is 16.4. The van der Waals surface area contributed by atoms with Crippen molar-refractivity contribution in [1.29, 1.82) is 0 Å². The SMILES string of the molecule is CCOC(=O)c1cc(C(F)(F)F)c(I)nc1OC(F)(F)F. The molecular formula is C10H6F6INO3. The molecule has 118 valence electrons. The van der Waals surface area contributed by atoms with Crippen molar-refractivity contribution in [3.8, 4) is 5.88 Å². The van der Waals surface area contributed by atoms with E-state index in [-0.39, 0.29) is 12.7 Å². The van der Waals surface area contributed by atoms with Gasteiger partial charge in [0.15, 0.2) is 0 Å². The van der Waals surface area contributed by atoms with Crippen molar-refractivity contribution in [1.82, 2.24) is 4.98 Å². The highest BCUT2D eigenvalue weighted by Gasteiger charge is 2.39. The normalized spacial score (nSPS) is 12.2. The second-order valence-corrected chi connectivity index (χ2v) is 4.47. The Labute approximate surface area is 127 Å². The molecule has 0 saturated carbocycles. The van der Waals surface area contributed by atoms with Crippen LogP contribution in [0.5, 0.6) is 5.88 Å². The first kappa shape index (κ1) is 17.8. The molecule has 0 fully saturated rings. The van der Waals surface area contributed by atoms with Crippen LogP contribution in [-0.4, -0.2) is 23.9 Å². The number of rotatable bonds is 3. The molecule has 0 amide bonds. The van der Waals surface area contributed by atoms with E-state index in [4.69, 9.17) is 0 Å². The van der Waals surface area contributed by atoms with Gasteiger partial charge in [0, 0.05) is 0 Å². The second kappa shape index (κ2) is 6.23. The maximum Gasteiger partial charge on any atom is 0.574 e. The van der Waals surface area contributed by atoms with Crippen LogP contribution in [0, 0.1) is 3.70 Å². The number of hydrogen-bond donors (Lipinski definition) is 0. The van der Waals surface area contributed by atoms with Crippen LogP contribution in [0.25, 0.3) is 0 Å². The second-order valence-electron chi connectivity index (χ2n) is 3.45. The third-order valence-corrected chi connectivity index (χ3v) is 2.78. The molecule has 0 bridgehead atoms. The lowest BCUT2D eigenvalue weighted by atomic mass is 10.2. The predicted octanol–water partition coefficient (Wildman–Crippen LogP) is 3.78. The highest BCUT2D eigenvalue weighted by atomic mass is 127. The van der Waals surface area contributed by atoms with Gasteiger partial charge in [-0.25, -0.2) is 9.78 Å². The van der Waals surface area contributed by atoms with Crippen molar-refractivity contribution < 1.29 is 40.6 Å². The van der Waals surface area contributed by atoms with Gasteiger partial charge in [0.25, 0.3) is 0 Å². The van der Waals surface area contributed by atoms with Crippen molar-refractivity contribution >= 4 is 28.6 Å². The summed E-state index contributed by atoms with van der Waals surface area (Å²) < 4.78 is 81.7. The molecular weight excluding hydrogens is 423 g/mol. The summed E-state index contributed by atoms with van der Waals surface area (Å²) in [7, 11) is 0. The number of nitrogens with zero attached hydrogens (tertiary/aromatic N) is 1. The summed E-state index contributed by atoms with van der Waals surface area (Å²) >= 11 is 1.09. The van der Waals surface area contributed by atoms with Gasteiger partial charge in [0.05, 0.1) is 12.2 Å². The van der Waals surface area contributed by atoms with E-state index in [9.17, 15) is 31.1 Å². The molecule has 1 rings (SSSR count). The first-order valence-corrected chi connectivity index (χ1v) is 6.24. The van der Waals surface area contributed by atoms with E-state index in [0.29, 0.717) is 0 Å². The number of esters is 1. The zero-order valence-electron chi connectivity index (χ0n) is 10.1. The monoisotopic (exact) mass is 429 g/mol. The lowest BCUT2D eigenvalue weighted by molar-refractivity contribution is -0.276. The average molecular weight is 429 g/mol. The molecule has 0 spiro atoms. The van der Waals surface area contributed by atoms with Gasteiger partial charge in [0.2, 0.25) is 5.88 Å². The Bertz CT molecular complexity index is 543. The van der Waals surface area contributed by atoms with E-state index in [1.807, 2.05) is 0 Å². The lowest BCUT2D eigenvalue weighted by Crippen LogP contribution is -2.22. The summed E-state index contributed by atoms with van der Waals surface area (Å²) in [6, 6.07) is 0.216. The third kappa shape index (κ3) is 4.89. The fraction of sp³-hybridized carbons (Fsp3) is 0.400. The van der Waals surface area contributed by atoms with Gasteiger partial charge in [-0.1, -0.05) is 0 Å². The van der Waals surface area contributed by atoms with E-state index >= 15 is 0 Å². The maximum absolute atomic E-state index is 12.7. The largest absolute Gasteiger partial charge is 0.574 e. The average Bonchev–Trinajstić information content (AvgIpc) is 2.25. The Hall–Kier alpha value is -1.27. The number of alkyl halides is 6. The number of hydrogen-bond acceptors (Lipinski definition) is 4.